The second-order valence-corrected chi connectivity index (χ2v) is 7.90. The quantitative estimate of drug-likeness (QED) is 0.716. The first-order valence-electron chi connectivity index (χ1n) is 5.14. The van der Waals surface area contributed by atoms with Crippen molar-refractivity contribution in [1.29, 1.82) is 0 Å². The average Bonchev–Trinajstić information content (AvgIpc) is 1.96. The number of carbonyl (C=O) groups excluding carboxylic acids is 1. The number of Topliss-reactive ketones (excluding diaryl/α,β-unsaturated/α-hetero) is 1. The van der Waals surface area contributed by atoms with Gasteiger partial charge in [-0.3, -0.25) is 4.79 Å². The molecule has 0 aliphatic carbocycles. The predicted octanol–water partition coefficient (Wildman–Crippen LogP) is 1.73. The fraction of sp³-hybridized carbons (Fsp3) is 0.900. The fourth-order valence-electron chi connectivity index (χ4n) is 2.79. The van der Waals surface area contributed by atoms with E-state index in [1.807, 2.05) is 0 Å². The van der Waals surface area contributed by atoms with Crippen LogP contribution in [-0.4, -0.2) is 34.8 Å². The number of carbonyl (C=O) groups is 1. The molecule has 94 valence electrons. The van der Waals surface area contributed by atoms with Crippen LogP contribution in [-0.2, 0) is 14.8 Å². The highest BCUT2D eigenvalue weighted by Gasteiger charge is 2.50. The van der Waals surface area contributed by atoms with Gasteiger partial charge in [-0.1, -0.05) is 0 Å². The second-order valence-electron chi connectivity index (χ2n) is 5.50. The summed E-state index contributed by atoms with van der Waals surface area (Å²) in [6.07, 6.45) is 0.485. The largest absolute Gasteiger partial charge is 0.300 e. The number of halogens is 1. The van der Waals surface area contributed by atoms with E-state index in [0.717, 1.165) is 0 Å². The van der Waals surface area contributed by atoms with Crippen molar-refractivity contribution in [3.8, 4) is 0 Å². The highest BCUT2D eigenvalue weighted by molar-refractivity contribution is 7.90. The number of hydrogen-bond acceptors (Lipinski definition) is 3. The zero-order valence-electron chi connectivity index (χ0n) is 10.1. The Morgan fingerprint density at radius 1 is 1.19 bits per heavy atom. The molecule has 0 radical (unpaired) electrons. The van der Waals surface area contributed by atoms with Gasteiger partial charge < -0.3 is 0 Å². The number of piperidine rings is 1. The van der Waals surface area contributed by atoms with Crippen LogP contribution < -0.4 is 0 Å². The maximum Gasteiger partial charge on any atom is 0.229 e. The van der Waals surface area contributed by atoms with Gasteiger partial charge >= 0.3 is 0 Å². The van der Waals surface area contributed by atoms with Crippen LogP contribution in [0.2, 0.25) is 0 Å². The monoisotopic (exact) mass is 267 g/mol. The van der Waals surface area contributed by atoms with E-state index < -0.39 is 26.3 Å². The van der Waals surface area contributed by atoms with Crippen molar-refractivity contribution in [1.82, 2.24) is 4.31 Å². The topological polar surface area (TPSA) is 54.5 Å². The van der Waals surface area contributed by atoms with Gasteiger partial charge in [0, 0.05) is 23.9 Å². The Hall–Kier alpha value is -0.130. The summed E-state index contributed by atoms with van der Waals surface area (Å²) in [7, 11) is -3.51. The molecule has 1 fully saturated rings. The molecule has 0 amide bonds. The lowest BCUT2D eigenvalue weighted by atomic mass is 9.82. The maximum absolute atomic E-state index is 12.0. The summed E-state index contributed by atoms with van der Waals surface area (Å²) in [6.45, 7) is 7.04. The molecule has 0 bridgehead atoms. The Labute approximate surface area is 102 Å². The van der Waals surface area contributed by atoms with Gasteiger partial charge in [-0.15, -0.1) is 11.6 Å². The average molecular weight is 268 g/mol. The number of alkyl halides is 1. The summed E-state index contributed by atoms with van der Waals surface area (Å²) in [5.41, 5.74) is -1.40. The van der Waals surface area contributed by atoms with Crippen molar-refractivity contribution in [3.05, 3.63) is 0 Å². The number of ketones is 1. The van der Waals surface area contributed by atoms with Crippen LogP contribution in [0.25, 0.3) is 0 Å². The van der Waals surface area contributed by atoms with Gasteiger partial charge in [0.25, 0.3) is 0 Å². The summed E-state index contributed by atoms with van der Waals surface area (Å²) < 4.78 is 25.3. The molecular formula is C10H18ClNO3S. The summed E-state index contributed by atoms with van der Waals surface area (Å²) in [5.74, 6) is 0.0935. The van der Waals surface area contributed by atoms with Crippen molar-refractivity contribution < 1.29 is 13.2 Å². The smallest absolute Gasteiger partial charge is 0.229 e. The van der Waals surface area contributed by atoms with E-state index in [4.69, 9.17) is 11.6 Å². The van der Waals surface area contributed by atoms with Gasteiger partial charge in [0.05, 0.1) is 0 Å². The molecule has 0 aromatic carbocycles. The van der Waals surface area contributed by atoms with Crippen LogP contribution in [0.4, 0.5) is 0 Å². The Morgan fingerprint density at radius 3 is 1.88 bits per heavy atom. The van der Waals surface area contributed by atoms with Crippen molar-refractivity contribution in [2.75, 3.05) is 5.21 Å². The lowest BCUT2D eigenvalue weighted by Crippen LogP contribution is -2.63. The third kappa shape index (κ3) is 2.41. The number of nitrogens with zero attached hydrogens (tertiary/aromatic N) is 1. The van der Waals surface area contributed by atoms with Gasteiger partial charge in [-0.2, -0.15) is 4.31 Å². The third-order valence-corrected chi connectivity index (χ3v) is 5.42. The second kappa shape index (κ2) is 3.96. The molecular weight excluding hydrogens is 250 g/mol. The van der Waals surface area contributed by atoms with E-state index in [1.54, 1.807) is 27.7 Å². The minimum atomic E-state index is -3.51. The SMILES string of the molecule is CC1(C)CC(=O)CC(C)(C)N1S(=O)(=O)CCl. The van der Waals surface area contributed by atoms with E-state index in [-0.39, 0.29) is 18.6 Å². The van der Waals surface area contributed by atoms with Crippen LogP contribution in [0, 0.1) is 0 Å². The Balaban J connectivity index is 3.27. The van der Waals surface area contributed by atoms with Crippen LogP contribution in [0.3, 0.4) is 0 Å². The minimum absolute atomic E-state index is 0.0935. The van der Waals surface area contributed by atoms with Crippen LogP contribution in [0.1, 0.15) is 40.5 Å². The molecule has 1 heterocycles. The Bertz CT molecular complexity index is 380. The molecule has 1 rings (SSSR count). The molecule has 1 saturated heterocycles. The summed E-state index contributed by atoms with van der Waals surface area (Å²) in [6, 6.07) is 0. The van der Waals surface area contributed by atoms with Crippen LogP contribution in [0.15, 0.2) is 0 Å². The summed E-state index contributed by atoms with van der Waals surface area (Å²) >= 11 is 5.50. The van der Waals surface area contributed by atoms with E-state index in [0.29, 0.717) is 0 Å². The molecule has 1 aliphatic rings. The zero-order valence-corrected chi connectivity index (χ0v) is 11.7. The van der Waals surface area contributed by atoms with Gasteiger partial charge in [-0.05, 0) is 27.7 Å². The Kier molecular flexibility index (Phi) is 3.45. The van der Waals surface area contributed by atoms with Crippen LogP contribution >= 0.6 is 11.6 Å². The molecule has 1 aliphatic heterocycles. The standard InChI is InChI=1S/C10H18ClNO3S/c1-9(2)5-8(13)6-10(3,4)12(9)16(14,15)7-11/h5-7H2,1-4H3. The lowest BCUT2D eigenvalue weighted by molar-refractivity contribution is -0.128. The van der Waals surface area contributed by atoms with E-state index in [2.05, 4.69) is 0 Å². The van der Waals surface area contributed by atoms with Gasteiger partial charge in [0.1, 0.15) is 11.0 Å². The molecule has 4 nitrogen and oxygen atoms in total. The highest BCUT2D eigenvalue weighted by atomic mass is 35.5. The molecule has 6 heteroatoms. The first-order chi connectivity index (χ1) is 7.03. The van der Waals surface area contributed by atoms with E-state index in [9.17, 15) is 13.2 Å². The lowest BCUT2D eigenvalue weighted by Gasteiger charge is -2.50. The van der Waals surface area contributed by atoms with Crippen molar-refractivity contribution in [2.24, 2.45) is 0 Å². The highest BCUT2D eigenvalue weighted by Crippen LogP contribution is 2.39. The van der Waals surface area contributed by atoms with Crippen molar-refractivity contribution >= 4 is 27.4 Å². The van der Waals surface area contributed by atoms with E-state index >= 15 is 0 Å². The number of sulfonamides is 1. The maximum atomic E-state index is 12.0. The summed E-state index contributed by atoms with van der Waals surface area (Å²) in [5, 5.41) is -0.450. The van der Waals surface area contributed by atoms with E-state index in [1.165, 1.54) is 4.31 Å². The third-order valence-electron chi connectivity index (χ3n) is 2.78. The normalized spacial score (nSPS) is 25.7. The van der Waals surface area contributed by atoms with Gasteiger partial charge in [0.15, 0.2) is 0 Å². The fourth-order valence-corrected chi connectivity index (χ4v) is 4.82. The predicted molar refractivity (Wildman–Crippen MR) is 63.9 cm³/mol. The summed E-state index contributed by atoms with van der Waals surface area (Å²) in [4.78, 5) is 11.6. The molecule has 0 unspecified atom stereocenters. The first kappa shape index (κ1) is 13.9. The molecule has 0 aromatic rings. The first-order valence-corrected chi connectivity index (χ1v) is 7.28. The molecule has 0 spiro atoms. The molecule has 16 heavy (non-hydrogen) atoms. The molecule has 0 atom stereocenters. The van der Waals surface area contributed by atoms with Crippen molar-refractivity contribution in [3.63, 3.8) is 0 Å². The number of rotatable bonds is 2. The molecule has 0 N–H and O–H groups in total. The van der Waals surface area contributed by atoms with Gasteiger partial charge in [0.2, 0.25) is 10.0 Å². The molecule has 0 saturated carbocycles. The number of hydrogen-bond donors (Lipinski definition) is 0. The zero-order chi connectivity index (χ0) is 12.8. The Morgan fingerprint density at radius 2 is 1.56 bits per heavy atom. The van der Waals surface area contributed by atoms with Gasteiger partial charge in [-0.25, -0.2) is 8.42 Å². The molecule has 0 aromatic heterocycles. The van der Waals surface area contributed by atoms with Crippen molar-refractivity contribution in [2.45, 2.75) is 51.6 Å². The minimum Gasteiger partial charge on any atom is -0.300 e. The van der Waals surface area contributed by atoms with Crippen LogP contribution in [0.5, 0.6) is 0 Å².